The van der Waals surface area contributed by atoms with Gasteiger partial charge in [0.25, 0.3) is 5.91 Å². The van der Waals surface area contributed by atoms with Gasteiger partial charge in [0.2, 0.25) is 5.91 Å². The molecule has 26 heavy (non-hydrogen) atoms. The van der Waals surface area contributed by atoms with E-state index < -0.39 is 6.04 Å². The van der Waals surface area contributed by atoms with E-state index >= 15 is 0 Å². The number of hydrogen-bond donors (Lipinski definition) is 2. The highest BCUT2D eigenvalue weighted by Gasteiger charge is 2.27. The number of nitrogens with one attached hydrogen (secondary N) is 2. The fourth-order valence-electron chi connectivity index (χ4n) is 3.56. The molecular formula is C21H21N3O2. The maximum Gasteiger partial charge on any atom is 0.251 e. The van der Waals surface area contributed by atoms with Crippen molar-refractivity contribution in [3.63, 3.8) is 0 Å². The van der Waals surface area contributed by atoms with Crippen LogP contribution in [0.5, 0.6) is 0 Å². The van der Waals surface area contributed by atoms with Gasteiger partial charge in [0, 0.05) is 47.2 Å². The van der Waals surface area contributed by atoms with E-state index in [-0.39, 0.29) is 11.8 Å². The summed E-state index contributed by atoms with van der Waals surface area (Å²) in [4.78, 5) is 30.4. The lowest BCUT2D eigenvalue weighted by Crippen LogP contribution is -2.48. The third kappa shape index (κ3) is 2.96. The van der Waals surface area contributed by atoms with E-state index in [0.29, 0.717) is 18.7 Å². The van der Waals surface area contributed by atoms with Gasteiger partial charge in [-0.2, -0.15) is 0 Å². The normalized spacial score (nSPS) is 14.7. The second-order valence-corrected chi connectivity index (χ2v) is 6.70. The van der Waals surface area contributed by atoms with E-state index in [0.717, 1.165) is 11.9 Å². The first-order valence-corrected chi connectivity index (χ1v) is 8.86. The van der Waals surface area contributed by atoms with Crippen LogP contribution in [0.1, 0.15) is 28.5 Å². The van der Waals surface area contributed by atoms with Crippen molar-refractivity contribution >= 4 is 22.7 Å². The zero-order chi connectivity index (χ0) is 18.1. The molecule has 0 radical (unpaired) electrons. The van der Waals surface area contributed by atoms with Crippen molar-refractivity contribution in [2.45, 2.75) is 25.9 Å². The first kappa shape index (κ1) is 16.4. The second-order valence-electron chi connectivity index (χ2n) is 6.70. The molecule has 5 heteroatoms. The van der Waals surface area contributed by atoms with Gasteiger partial charge in [0.15, 0.2) is 0 Å². The zero-order valence-electron chi connectivity index (χ0n) is 14.7. The fraction of sp³-hybridized carbons (Fsp3) is 0.238. The molecule has 2 aromatic carbocycles. The molecule has 4 rings (SSSR count). The SMILES string of the molecule is C[C@@H](NC(=O)c1ccccc1)C(=O)N1CCc2[nH]c3ccccc3c2C1. The standard InChI is InChI=1S/C21H21N3O2/c1-14(22-20(25)15-7-3-2-4-8-15)21(26)24-12-11-19-17(13-24)16-9-5-6-10-18(16)23-19/h2-10,14,23H,11-13H2,1H3,(H,22,25)/t14-/m1/s1. The Hall–Kier alpha value is -3.08. The minimum atomic E-state index is -0.561. The molecule has 1 aliphatic rings. The van der Waals surface area contributed by atoms with Gasteiger partial charge < -0.3 is 15.2 Å². The van der Waals surface area contributed by atoms with Gasteiger partial charge in [-0.15, -0.1) is 0 Å². The number of fused-ring (bicyclic) bond motifs is 3. The molecule has 132 valence electrons. The summed E-state index contributed by atoms with van der Waals surface area (Å²) in [5, 5.41) is 3.98. The first-order chi connectivity index (χ1) is 12.6. The van der Waals surface area contributed by atoms with Gasteiger partial charge in [-0.3, -0.25) is 9.59 Å². The lowest BCUT2D eigenvalue weighted by molar-refractivity contribution is -0.133. The number of nitrogens with zero attached hydrogens (tertiary/aromatic N) is 1. The van der Waals surface area contributed by atoms with Gasteiger partial charge in [-0.25, -0.2) is 0 Å². The number of aromatic nitrogens is 1. The predicted molar refractivity (Wildman–Crippen MR) is 101 cm³/mol. The Morgan fingerprint density at radius 3 is 2.62 bits per heavy atom. The molecule has 1 aromatic heterocycles. The Bertz CT molecular complexity index is 962. The molecule has 5 nitrogen and oxygen atoms in total. The van der Waals surface area contributed by atoms with Crippen LogP contribution < -0.4 is 5.32 Å². The van der Waals surface area contributed by atoms with Gasteiger partial charge >= 0.3 is 0 Å². The molecule has 1 aliphatic heterocycles. The Balaban J connectivity index is 1.48. The molecule has 1 atom stereocenters. The number of aromatic amines is 1. The number of carbonyl (C=O) groups excluding carboxylic acids is 2. The van der Waals surface area contributed by atoms with E-state index in [4.69, 9.17) is 0 Å². The van der Waals surface area contributed by atoms with Gasteiger partial charge in [0.05, 0.1) is 0 Å². The van der Waals surface area contributed by atoms with Crippen molar-refractivity contribution in [1.29, 1.82) is 0 Å². The van der Waals surface area contributed by atoms with Gasteiger partial charge in [0.1, 0.15) is 6.04 Å². The monoisotopic (exact) mass is 347 g/mol. The second kappa shape index (κ2) is 6.67. The lowest BCUT2D eigenvalue weighted by atomic mass is 10.0. The zero-order valence-corrected chi connectivity index (χ0v) is 14.7. The van der Waals surface area contributed by atoms with Crippen LogP contribution >= 0.6 is 0 Å². The van der Waals surface area contributed by atoms with Crippen LogP contribution in [0.2, 0.25) is 0 Å². The summed E-state index contributed by atoms with van der Waals surface area (Å²) < 4.78 is 0. The third-order valence-electron chi connectivity index (χ3n) is 4.95. The Kier molecular flexibility index (Phi) is 4.21. The summed E-state index contributed by atoms with van der Waals surface area (Å²) in [5.74, 6) is -0.276. The van der Waals surface area contributed by atoms with Crippen LogP contribution in [0.4, 0.5) is 0 Å². The van der Waals surface area contributed by atoms with Crippen molar-refractivity contribution in [2.75, 3.05) is 6.54 Å². The maximum atomic E-state index is 12.8. The molecule has 0 bridgehead atoms. The number of para-hydroxylation sites is 1. The van der Waals surface area contributed by atoms with Crippen molar-refractivity contribution < 1.29 is 9.59 Å². The molecule has 2 N–H and O–H groups in total. The Labute approximate surface area is 152 Å². The fourth-order valence-corrected chi connectivity index (χ4v) is 3.56. The average Bonchev–Trinajstić information content (AvgIpc) is 3.06. The molecule has 0 aliphatic carbocycles. The number of carbonyl (C=O) groups is 2. The molecule has 0 fully saturated rings. The van der Waals surface area contributed by atoms with Crippen molar-refractivity contribution in [3.8, 4) is 0 Å². The molecule has 2 amide bonds. The van der Waals surface area contributed by atoms with E-state index in [1.807, 2.05) is 35.2 Å². The molecule has 3 aromatic rings. The minimum absolute atomic E-state index is 0.0507. The summed E-state index contributed by atoms with van der Waals surface area (Å²) in [7, 11) is 0. The molecule has 2 heterocycles. The van der Waals surface area contributed by atoms with E-state index in [1.165, 1.54) is 16.6 Å². The third-order valence-corrected chi connectivity index (χ3v) is 4.95. The molecule has 0 unspecified atom stereocenters. The Morgan fingerprint density at radius 1 is 1.08 bits per heavy atom. The summed E-state index contributed by atoms with van der Waals surface area (Å²) >= 11 is 0. The van der Waals surface area contributed by atoms with Crippen LogP contribution in [0.3, 0.4) is 0 Å². The average molecular weight is 347 g/mol. The maximum absolute atomic E-state index is 12.8. The van der Waals surface area contributed by atoms with E-state index in [1.54, 1.807) is 19.1 Å². The topological polar surface area (TPSA) is 65.2 Å². The summed E-state index contributed by atoms with van der Waals surface area (Å²) in [5.41, 5.74) is 4.06. The number of hydrogen-bond acceptors (Lipinski definition) is 2. The highest BCUT2D eigenvalue weighted by atomic mass is 16.2. The van der Waals surface area contributed by atoms with Crippen LogP contribution in [-0.2, 0) is 17.8 Å². The van der Waals surface area contributed by atoms with Crippen molar-refractivity contribution in [3.05, 3.63) is 71.4 Å². The summed E-state index contributed by atoms with van der Waals surface area (Å²) in [6.45, 7) is 2.97. The van der Waals surface area contributed by atoms with E-state index in [2.05, 4.69) is 22.4 Å². The quantitative estimate of drug-likeness (QED) is 0.765. The number of benzene rings is 2. The lowest BCUT2D eigenvalue weighted by Gasteiger charge is -2.30. The number of H-pyrrole nitrogens is 1. The van der Waals surface area contributed by atoms with Gasteiger partial charge in [-0.1, -0.05) is 36.4 Å². The van der Waals surface area contributed by atoms with Crippen LogP contribution in [0.25, 0.3) is 10.9 Å². The predicted octanol–water partition coefficient (Wildman–Crippen LogP) is 2.87. The Morgan fingerprint density at radius 2 is 1.81 bits per heavy atom. The first-order valence-electron chi connectivity index (χ1n) is 8.86. The van der Waals surface area contributed by atoms with Crippen LogP contribution in [0.15, 0.2) is 54.6 Å². The van der Waals surface area contributed by atoms with Crippen molar-refractivity contribution in [1.82, 2.24) is 15.2 Å². The van der Waals surface area contributed by atoms with Crippen molar-refractivity contribution in [2.24, 2.45) is 0 Å². The largest absolute Gasteiger partial charge is 0.358 e. The molecular weight excluding hydrogens is 326 g/mol. The molecule has 0 spiro atoms. The minimum Gasteiger partial charge on any atom is -0.358 e. The highest BCUT2D eigenvalue weighted by Crippen LogP contribution is 2.27. The number of rotatable bonds is 3. The van der Waals surface area contributed by atoms with Crippen LogP contribution in [0, 0.1) is 0 Å². The summed E-state index contributed by atoms with van der Waals surface area (Å²) in [6.07, 6.45) is 0.801. The van der Waals surface area contributed by atoms with E-state index in [9.17, 15) is 9.59 Å². The highest BCUT2D eigenvalue weighted by molar-refractivity contribution is 5.97. The smallest absolute Gasteiger partial charge is 0.251 e. The molecule has 0 saturated heterocycles. The van der Waals surface area contributed by atoms with Gasteiger partial charge in [-0.05, 0) is 25.1 Å². The number of amides is 2. The molecule has 0 saturated carbocycles. The summed E-state index contributed by atoms with van der Waals surface area (Å²) in [6, 6.07) is 16.6. The van der Waals surface area contributed by atoms with Crippen LogP contribution in [-0.4, -0.2) is 34.3 Å².